The molecule has 2 N–H and O–H groups in total. The largest absolute Gasteiger partial charge is 0.357 e. The summed E-state index contributed by atoms with van der Waals surface area (Å²) >= 11 is 0. The molecule has 1 aromatic heterocycles. The first-order chi connectivity index (χ1) is 10.2. The summed E-state index contributed by atoms with van der Waals surface area (Å²) in [7, 11) is 1.93. The van der Waals surface area contributed by atoms with Crippen LogP contribution in [0.3, 0.4) is 0 Å². The second-order valence-corrected chi connectivity index (χ2v) is 4.83. The number of nitrogens with one attached hydrogen (secondary N) is 2. The van der Waals surface area contributed by atoms with E-state index in [0.29, 0.717) is 13.1 Å². The molecule has 0 fully saturated rings. The molecule has 21 heavy (non-hydrogen) atoms. The Morgan fingerprint density at radius 3 is 2.76 bits per heavy atom. The minimum absolute atomic E-state index is 0.593. The van der Waals surface area contributed by atoms with Gasteiger partial charge in [0, 0.05) is 13.6 Å². The quantitative estimate of drug-likeness (QED) is 0.644. The molecule has 6 heteroatoms. The standard InChI is InChI=1S/C15H22N6/c1-4-16-15(18-10-14-20-19-11-21(14)3)17-9-13-8-6-5-7-12(13)2/h5-8,11H,4,9-10H2,1-3H3,(H2,16,17,18). The first kappa shape index (κ1) is 15.0. The molecule has 0 unspecified atom stereocenters. The van der Waals surface area contributed by atoms with E-state index < -0.39 is 0 Å². The van der Waals surface area contributed by atoms with E-state index in [1.54, 1.807) is 6.33 Å². The van der Waals surface area contributed by atoms with Crippen molar-refractivity contribution >= 4 is 5.96 Å². The average Bonchev–Trinajstić information content (AvgIpc) is 2.89. The second kappa shape index (κ2) is 7.42. The summed E-state index contributed by atoms with van der Waals surface area (Å²) in [5, 5.41) is 14.4. The van der Waals surface area contributed by atoms with E-state index in [1.165, 1.54) is 11.1 Å². The van der Waals surface area contributed by atoms with Crippen molar-refractivity contribution in [1.29, 1.82) is 0 Å². The summed E-state index contributed by atoms with van der Waals surface area (Å²) in [5.41, 5.74) is 2.48. The Balaban J connectivity index is 1.99. The molecule has 0 aliphatic heterocycles. The SMILES string of the molecule is CCNC(=NCc1ccccc1C)NCc1nncn1C. The first-order valence-electron chi connectivity index (χ1n) is 7.10. The number of aryl methyl sites for hydroxylation is 2. The van der Waals surface area contributed by atoms with Gasteiger partial charge in [0.1, 0.15) is 6.33 Å². The predicted molar refractivity (Wildman–Crippen MR) is 83.8 cm³/mol. The van der Waals surface area contributed by atoms with Gasteiger partial charge in [-0.25, -0.2) is 4.99 Å². The lowest BCUT2D eigenvalue weighted by atomic mass is 10.1. The highest BCUT2D eigenvalue weighted by Gasteiger charge is 2.03. The van der Waals surface area contributed by atoms with Crippen LogP contribution in [0.15, 0.2) is 35.6 Å². The highest BCUT2D eigenvalue weighted by molar-refractivity contribution is 5.79. The minimum atomic E-state index is 0.593. The van der Waals surface area contributed by atoms with E-state index in [1.807, 2.05) is 30.7 Å². The molecule has 1 aromatic carbocycles. The van der Waals surface area contributed by atoms with Gasteiger partial charge in [0.2, 0.25) is 0 Å². The summed E-state index contributed by atoms with van der Waals surface area (Å²) in [6, 6.07) is 8.29. The molecule has 0 aliphatic carbocycles. The van der Waals surface area contributed by atoms with E-state index in [-0.39, 0.29) is 0 Å². The number of nitrogens with zero attached hydrogens (tertiary/aromatic N) is 4. The van der Waals surface area contributed by atoms with Gasteiger partial charge in [-0.05, 0) is 25.0 Å². The molecular formula is C15H22N6. The zero-order valence-corrected chi connectivity index (χ0v) is 12.8. The van der Waals surface area contributed by atoms with E-state index in [2.05, 4.69) is 44.9 Å². The van der Waals surface area contributed by atoms with Crippen LogP contribution in [0.25, 0.3) is 0 Å². The smallest absolute Gasteiger partial charge is 0.191 e. The van der Waals surface area contributed by atoms with Crippen LogP contribution in [-0.2, 0) is 20.1 Å². The summed E-state index contributed by atoms with van der Waals surface area (Å²) in [6.45, 7) is 6.22. The molecule has 0 saturated carbocycles. The lowest BCUT2D eigenvalue weighted by Crippen LogP contribution is -2.37. The third-order valence-corrected chi connectivity index (χ3v) is 3.23. The molecule has 0 spiro atoms. The molecular weight excluding hydrogens is 264 g/mol. The predicted octanol–water partition coefficient (Wildman–Crippen LogP) is 1.38. The molecule has 0 radical (unpaired) electrons. The molecule has 2 aromatic rings. The Labute approximate surface area is 125 Å². The van der Waals surface area contributed by atoms with Crippen LogP contribution in [0, 0.1) is 6.92 Å². The second-order valence-electron chi connectivity index (χ2n) is 4.83. The summed E-state index contributed by atoms with van der Waals surface area (Å²) < 4.78 is 1.89. The van der Waals surface area contributed by atoms with E-state index in [0.717, 1.165) is 18.3 Å². The summed E-state index contributed by atoms with van der Waals surface area (Å²) in [6.07, 6.45) is 1.69. The van der Waals surface area contributed by atoms with Crippen molar-refractivity contribution < 1.29 is 0 Å². The van der Waals surface area contributed by atoms with Gasteiger partial charge in [0.15, 0.2) is 11.8 Å². The fourth-order valence-corrected chi connectivity index (χ4v) is 1.92. The van der Waals surface area contributed by atoms with Crippen molar-refractivity contribution in [3.8, 4) is 0 Å². The molecule has 0 aliphatic rings. The van der Waals surface area contributed by atoms with Gasteiger partial charge in [0.25, 0.3) is 0 Å². The van der Waals surface area contributed by atoms with Gasteiger partial charge in [-0.3, -0.25) is 0 Å². The molecule has 6 nitrogen and oxygen atoms in total. The Morgan fingerprint density at radius 2 is 2.10 bits per heavy atom. The fraction of sp³-hybridized carbons (Fsp3) is 0.400. The molecule has 0 saturated heterocycles. The van der Waals surface area contributed by atoms with E-state index in [4.69, 9.17) is 0 Å². The average molecular weight is 286 g/mol. The molecule has 2 rings (SSSR count). The van der Waals surface area contributed by atoms with Crippen LogP contribution >= 0.6 is 0 Å². The van der Waals surface area contributed by atoms with E-state index in [9.17, 15) is 0 Å². The van der Waals surface area contributed by atoms with Crippen LogP contribution in [0.2, 0.25) is 0 Å². The number of hydrogen-bond acceptors (Lipinski definition) is 3. The number of rotatable bonds is 5. The molecule has 0 atom stereocenters. The number of guanidine groups is 1. The van der Waals surface area contributed by atoms with Crippen LogP contribution in [0.4, 0.5) is 0 Å². The van der Waals surface area contributed by atoms with Crippen molar-refractivity contribution in [1.82, 2.24) is 25.4 Å². The van der Waals surface area contributed by atoms with Crippen molar-refractivity contribution in [2.75, 3.05) is 6.54 Å². The zero-order valence-electron chi connectivity index (χ0n) is 12.8. The van der Waals surface area contributed by atoms with Gasteiger partial charge in [0.05, 0.1) is 13.1 Å². The lowest BCUT2D eigenvalue weighted by molar-refractivity contribution is 0.726. The third kappa shape index (κ3) is 4.30. The molecule has 0 amide bonds. The number of aromatic nitrogens is 3. The molecule has 0 bridgehead atoms. The third-order valence-electron chi connectivity index (χ3n) is 3.23. The highest BCUT2D eigenvalue weighted by Crippen LogP contribution is 2.07. The van der Waals surface area contributed by atoms with Gasteiger partial charge in [-0.1, -0.05) is 24.3 Å². The number of benzene rings is 1. The summed E-state index contributed by atoms with van der Waals surface area (Å²) in [5.74, 6) is 1.65. The number of hydrogen-bond donors (Lipinski definition) is 2. The van der Waals surface area contributed by atoms with Crippen molar-refractivity contribution in [2.45, 2.75) is 26.9 Å². The number of aliphatic imine (C=N–C) groups is 1. The molecule has 112 valence electrons. The summed E-state index contributed by atoms with van der Waals surface area (Å²) in [4.78, 5) is 4.61. The van der Waals surface area contributed by atoms with Crippen LogP contribution in [-0.4, -0.2) is 27.3 Å². The van der Waals surface area contributed by atoms with Crippen LogP contribution < -0.4 is 10.6 Å². The normalized spacial score (nSPS) is 11.5. The fourth-order valence-electron chi connectivity index (χ4n) is 1.92. The van der Waals surface area contributed by atoms with Gasteiger partial charge < -0.3 is 15.2 Å². The van der Waals surface area contributed by atoms with Crippen molar-refractivity contribution in [3.63, 3.8) is 0 Å². The van der Waals surface area contributed by atoms with Crippen LogP contribution in [0.5, 0.6) is 0 Å². The van der Waals surface area contributed by atoms with Crippen LogP contribution in [0.1, 0.15) is 23.9 Å². The Morgan fingerprint density at radius 1 is 1.29 bits per heavy atom. The van der Waals surface area contributed by atoms with Gasteiger partial charge in [-0.2, -0.15) is 0 Å². The maximum atomic E-state index is 4.61. The zero-order chi connectivity index (χ0) is 15.1. The first-order valence-corrected chi connectivity index (χ1v) is 7.10. The van der Waals surface area contributed by atoms with E-state index >= 15 is 0 Å². The Kier molecular flexibility index (Phi) is 5.31. The topological polar surface area (TPSA) is 67.1 Å². The molecule has 1 heterocycles. The highest BCUT2D eigenvalue weighted by atomic mass is 15.3. The Bertz CT molecular complexity index is 602. The van der Waals surface area contributed by atoms with Gasteiger partial charge >= 0.3 is 0 Å². The van der Waals surface area contributed by atoms with Crippen molar-refractivity contribution in [3.05, 3.63) is 47.5 Å². The lowest BCUT2D eigenvalue weighted by Gasteiger charge is -2.11. The van der Waals surface area contributed by atoms with Gasteiger partial charge in [-0.15, -0.1) is 10.2 Å². The maximum absolute atomic E-state index is 4.61. The Hall–Kier alpha value is -2.37. The van der Waals surface area contributed by atoms with Crippen molar-refractivity contribution in [2.24, 2.45) is 12.0 Å². The minimum Gasteiger partial charge on any atom is -0.357 e. The monoisotopic (exact) mass is 286 g/mol. The maximum Gasteiger partial charge on any atom is 0.191 e.